The van der Waals surface area contributed by atoms with Gasteiger partial charge in [-0.1, -0.05) is 18.2 Å². The summed E-state index contributed by atoms with van der Waals surface area (Å²) in [5, 5.41) is 4.42. The van der Waals surface area contributed by atoms with Gasteiger partial charge in [-0.15, -0.1) is 11.3 Å². The van der Waals surface area contributed by atoms with Crippen LogP contribution in [0, 0.1) is 6.92 Å². The highest BCUT2D eigenvalue weighted by Gasteiger charge is 2.30. The Kier molecular flexibility index (Phi) is 5.51. The number of hydrogen-bond donors (Lipinski definition) is 1. The summed E-state index contributed by atoms with van der Waals surface area (Å²) in [5.74, 6) is 0.404. The fourth-order valence-corrected chi connectivity index (χ4v) is 3.18. The van der Waals surface area contributed by atoms with Crippen molar-refractivity contribution in [2.24, 2.45) is 0 Å². The Morgan fingerprint density at radius 2 is 1.81 bits per heavy atom. The van der Waals surface area contributed by atoms with E-state index < -0.39 is 11.7 Å². The van der Waals surface area contributed by atoms with Crippen molar-refractivity contribution < 1.29 is 22.7 Å². The van der Waals surface area contributed by atoms with Gasteiger partial charge in [0.15, 0.2) is 0 Å². The molecule has 1 N–H and O–H groups in total. The first kappa shape index (κ1) is 19.0. The van der Waals surface area contributed by atoms with Crippen molar-refractivity contribution in [3.05, 3.63) is 81.5 Å². The molecule has 3 rings (SSSR count). The van der Waals surface area contributed by atoms with E-state index in [4.69, 9.17) is 4.74 Å². The number of carbonyl (C=O) groups excluding carboxylic acids is 1. The van der Waals surface area contributed by atoms with Gasteiger partial charge in [-0.25, -0.2) is 0 Å². The van der Waals surface area contributed by atoms with E-state index in [9.17, 15) is 18.0 Å². The van der Waals surface area contributed by atoms with Crippen molar-refractivity contribution in [1.29, 1.82) is 0 Å². The van der Waals surface area contributed by atoms with Crippen molar-refractivity contribution in [2.75, 3.05) is 5.32 Å². The maximum absolute atomic E-state index is 12.6. The fraction of sp³-hybridized carbons (Fsp3) is 0.150. The molecule has 0 unspecified atom stereocenters. The summed E-state index contributed by atoms with van der Waals surface area (Å²) in [6.45, 7) is 2.28. The van der Waals surface area contributed by atoms with E-state index in [-0.39, 0.29) is 5.91 Å². The van der Waals surface area contributed by atoms with Crippen LogP contribution in [0.2, 0.25) is 0 Å². The number of carbonyl (C=O) groups is 1. The smallest absolute Gasteiger partial charge is 0.416 e. The Hall–Kier alpha value is -2.80. The first-order chi connectivity index (χ1) is 12.8. The van der Waals surface area contributed by atoms with Gasteiger partial charge < -0.3 is 10.1 Å². The number of benzene rings is 2. The van der Waals surface area contributed by atoms with Crippen LogP contribution in [0.4, 0.5) is 18.9 Å². The molecule has 1 amide bonds. The van der Waals surface area contributed by atoms with Crippen LogP contribution in [-0.2, 0) is 12.8 Å². The van der Waals surface area contributed by atoms with Crippen molar-refractivity contribution >= 4 is 22.9 Å². The monoisotopic (exact) mass is 391 g/mol. The maximum Gasteiger partial charge on any atom is 0.416 e. The van der Waals surface area contributed by atoms with Gasteiger partial charge in [-0.3, -0.25) is 4.79 Å². The van der Waals surface area contributed by atoms with E-state index in [0.29, 0.717) is 17.2 Å². The van der Waals surface area contributed by atoms with Gasteiger partial charge in [0.05, 0.1) is 10.4 Å². The molecule has 0 fully saturated rings. The summed E-state index contributed by atoms with van der Waals surface area (Å²) in [4.78, 5) is 12.7. The first-order valence-corrected chi connectivity index (χ1v) is 8.95. The third-order valence-electron chi connectivity index (χ3n) is 3.84. The lowest BCUT2D eigenvalue weighted by atomic mass is 10.2. The highest BCUT2D eigenvalue weighted by Crippen LogP contribution is 2.30. The Labute approximate surface area is 158 Å². The number of anilines is 1. The first-order valence-electron chi connectivity index (χ1n) is 8.07. The molecule has 0 saturated carbocycles. The quantitative estimate of drug-likeness (QED) is 0.587. The van der Waals surface area contributed by atoms with Crippen LogP contribution in [-0.4, -0.2) is 5.91 Å². The van der Waals surface area contributed by atoms with Crippen LogP contribution in [0.25, 0.3) is 0 Å². The molecule has 0 aliphatic carbocycles. The summed E-state index contributed by atoms with van der Waals surface area (Å²) in [5.41, 5.74) is 1.42. The average molecular weight is 391 g/mol. The number of halogens is 3. The number of thiophene rings is 1. The van der Waals surface area contributed by atoms with Crippen LogP contribution in [0.1, 0.15) is 26.4 Å². The van der Waals surface area contributed by atoms with Crippen molar-refractivity contribution in [3.8, 4) is 5.75 Å². The Morgan fingerprint density at radius 1 is 1.11 bits per heavy atom. The summed E-state index contributed by atoms with van der Waals surface area (Å²) >= 11 is 1.25. The maximum atomic E-state index is 12.6. The zero-order valence-electron chi connectivity index (χ0n) is 14.3. The lowest BCUT2D eigenvalue weighted by Gasteiger charge is -2.08. The van der Waals surface area contributed by atoms with Crippen LogP contribution >= 0.6 is 11.3 Å². The lowest BCUT2D eigenvalue weighted by Crippen LogP contribution is -2.11. The molecule has 3 aromatic rings. The van der Waals surface area contributed by atoms with E-state index in [1.54, 1.807) is 6.07 Å². The number of aryl methyl sites for hydroxylation is 1. The highest BCUT2D eigenvalue weighted by atomic mass is 32.1. The largest absolute Gasteiger partial charge is 0.489 e. The molecule has 0 atom stereocenters. The van der Waals surface area contributed by atoms with Crippen LogP contribution in [0.15, 0.2) is 60.0 Å². The summed E-state index contributed by atoms with van der Waals surface area (Å²) in [6, 6.07) is 13.7. The fourth-order valence-electron chi connectivity index (χ4n) is 2.39. The minimum absolute atomic E-state index is 0.305. The van der Waals surface area contributed by atoms with Crippen LogP contribution < -0.4 is 10.1 Å². The van der Waals surface area contributed by atoms with Gasteiger partial charge >= 0.3 is 6.18 Å². The number of rotatable bonds is 5. The second kappa shape index (κ2) is 7.84. The minimum atomic E-state index is -4.40. The topological polar surface area (TPSA) is 38.3 Å². The van der Waals surface area contributed by atoms with Crippen LogP contribution in [0.5, 0.6) is 5.75 Å². The summed E-state index contributed by atoms with van der Waals surface area (Å²) < 4.78 is 43.5. The Bertz CT molecular complexity index is 933. The molecule has 27 heavy (non-hydrogen) atoms. The zero-order chi connectivity index (χ0) is 19.4. The molecule has 7 heteroatoms. The number of amides is 1. The van der Waals surface area contributed by atoms with Gasteiger partial charge in [0.1, 0.15) is 12.4 Å². The number of alkyl halides is 3. The van der Waals surface area contributed by atoms with Gasteiger partial charge in [0, 0.05) is 11.3 Å². The molecular weight excluding hydrogens is 375 g/mol. The average Bonchev–Trinajstić information content (AvgIpc) is 3.10. The third kappa shape index (κ3) is 4.89. The molecule has 0 saturated heterocycles. The molecule has 0 aliphatic rings. The molecular formula is C20H16F3NO2S. The minimum Gasteiger partial charge on any atom is -0.489 e. The standard InChI is InChI=1S/C20H16F3NO2S/c1-13-4-2-3-5-17(13)26-11-14-10-18(27-12-14)19(25)24-16-8-6-15(7-9-16)20(21,22)23/h2-10,12H,11H2,1H3,(H,24,25). The molecule has 0 spiro atoms. The number of para-hydroxylation sites is 1. The van der Waals surface area contributed by atoms with Gasteiger partial charge in [-0.2, -0.15) is 13.2 Å². The van der Waals surface area contributed by atoms with Gasteiger partial charge in [0.2, 0.25) is 0 Å². The van der Waals surface area contributed by atoms with E-state index in [1.807, 2.05) is 36.6 Å². The summed E-state index contributed by atoms with van der Waals surface area (Å²) in [7, 11) is 0. The Balaban J connectivity index is 1.60. The highest BCUT2D eigenvalue weighted by molar-refractivity contribution is 7.12. The molecule has 2 aromatic carbocycles. The molecule has 0 radical (unpaired) electrons. The Morgan fingerprint density at radius 3 is 2.48 bits per heavy atom. The molecule has 0 aliphatic heterocycles. The molecule has 140 valence electrons. The van der Waals surface area contributed by atoms with Crippen molar-refractivity contribution in [3.63, 3.8) is 0 Å². The molecule has 1 aromatic heterocycles. The van der Waals surface area contributed by atoms with E-state index in [1.165, 1.54) is 23.5 Å². The lowest BCUT2D eigenvalue weighted by molar-refractivity contribution is -0.137. The van der Waals surface area contributed by atoms with Crippen molar-refractivity contribution in [1.82, 2.24) is 0 Å². The van der Waals surface area contributed by atoms with Gasteiger partial charge in [0.25, 0.3) is 5.91 Å². The summed E-state index contributed by atoms with van der Waals surface area (Å²) in [6.07, 6.45) is -4.40. The van der Waals surface area contributed by atoms with E-state index in [2.05, 4.69) is 5.32 Å². The molecule has 0 bridgehead atoms. The number of ether oxygens (including phenoxy) is 1. The van der Waals surface area contributed by atoms with Crippen LogP contribution in [0.3, 0.4) is 0 Å². The molecule has 1 heterocycles. The second-order valence-electron chi connectivity index (χ2n) is 5.90. The van der Waals surface area contributed by atoms with Gasteiger partial charge in [-0.05, 0) is 54.3 Å². The van der Waals surface area contributed by atoms with E-state index in [0.717, 1.165) is 29.0 Å². The third-order valence-corrected chi connectivity index (χ3v) is 4.81. The molecule has 3 nitrogen and oxygen atoms in total. The van der Waals surface area contributed by atoms with Crippen molar-refractivity contribution in [2.45, 2.75) is 19.7 Å². The normalized spacial score (nSPS) is 11.3. The SMILES string of the molecule is Cc1ccccc1OCc1csc(C(=O)Nc2ccc(C(F)(F)F)cc2)c1. The number of nitrogens with one attached hydrogen (secondary N) is 1. The van der Waals surface area contributed by atoms with E-state index >= 15 is 0 Å². The predicted molar refractivity (Wildman–Crippen MR) is 99.2 cm³/mol. The number of hydrogen-bond acceptors (Lipinski definition) is 3. The predicted octanol–water partition coefficient (Wildman–Crippen LogP) is 5.91. The zero-order valence-corrected chi connectivity index (χ0v) is 15.2. The second-order valence-corrected chi connectivity index (χ2v) is 6.81.